The molecule has 0 fully saturated rings. The van der Waals surface area contributed by atoms with Crippen molar-refractivity contribution >= 4 is 16.9 Å². The third kappa shape index (κ3) is 4.25. The van der Waals surface area contributed by atoms with Crippen LogP contribution in [0.2, 0.25) is 0 Å². The van der Waals surface area contributed by atoms with Crippen molar-refractivity contribution in [2.45, 2.75) is 58.3 Å². The molecular weight excluding hydrogens is 286 g/mol. The quantitative estimate of drug-likeness (QED) is 0.544. The molecule has 0 aliphatic heterocycles. The average Bonchev–Trinajstić information content (AvgIpc) is 2.85. The number of carboxylic acids is 1. The van der Waals surface area contributed by atoms with Crippen molar-refractivity contribution in [3.05, 3.63) is 47.7 Å². The minimum absolute atomic E-state index is 0.0892. The zero-order valence-electron chi connectivity index (χ0n) is 14.4. The maximum Gasteiger partial charge on any atom is 0.330 e. The SMILES string of the molecule is C=C(CCCCCc1c(C(C)(C)C)[nH]c2ccccc12)C(=O)O. The van der Waals surface area contributed by atoms with E-state index in [9.17, 15) is 4.79 Å². The number of rotatable bonds is 7. The van der Waals surface area contributed by atoms with E-state index in [0.717, 1.165) is 25.7 Å². The van der Waals surface area contributed by atoms with Crippen molar-refractivity contribution in [2.24, 2.45) is 0 Å². The lowest BCUT2D eigenvalue weighted by Gasteiger charge is -2.19. The number of carbonyl (C=O) groups is 1. The summed E-state index contributed by atoms with van der Waals surface area (Å²) in [6.45, 7) is 10.3. The molecule has 1 aromatic heterocycles. The van der Waals surface area contributed by atoms with Gasteiger partial charge in [-0.3, -0.25) is 0 Å². The van der Waals surface area contributed by atoms with Crippen LogP contribution in [0.25, 0.3) is 10.9 Å². The second-order valence-corrected chi connectivity index (χ2v) is 7.24. The van der Waals surface area contributed by atoms with Crippen molar-refractivity contribution in [1.29, 1.82) is 0 Å². The van der Waals surface area contributed by atoms with Gasteiger partial charge in [0.1, 0.15) is 0 Å². The van der Waals surface area contributed by atoms with E-state index in [1.54, 1.807) is 0 Å². The minimum atomic E-state index is -0.878. The van der Waals surface area contributed by atoms with Crippen molar-refractivity contribution in [1.82, 2.24) is 4.98 Å². The van der Waals surface area contributed by atoms with Gasteiger partial charge in [-0.2, -0.15) is 0 Å². The van der Waals surface area contributed by atoms with Gasteiger partial charge in [0.15, 0.2) is 0 Å². The number of para-hydroxylation sites is 1. The van der Waals surface area contributed by atoms with Crippen LogP contribution in [0.1, 0.15) is 57.7 Å². The van der Waals surface area contributed by atoms with Gasteiger partial charge < -0.3 is 10.1 Å². The molecule has 2 aromatic rings. The molecule has 0 amide bonds. The van der Waals surface area contributed by atoms with Gasteiger partial charge in [0.05, 0.1) is 0 Å². The van der Waals surface area contributed by atoms with E-state index in [0.29, 0.717) is 12.0 Å². The summed E-state index contributed by atoms with van der Waals surface area (Å²) in [7, 11) is 0. The van der Waals surface area contributed by atoms with Gasteiger partial charge in [-0.1, -0.05) is 52.0 Å². The van der Waals surface area contributed by atoms with Crippen LogP contribution in [-0.2, 0) is 16.6 Å². The van der Waals surface area contributed by atoms with E-state index >= 15 is 0 Å². The second-order valence-electron chi connectivity index (χ2n) is 7.24. The average molecular weight is 313 g/mol. The zero-order chi connectivity index (χ0) is 17.0. The third-order valence-corrected chi connectivity index (χ3v) is 4.27. The Kier molecular flexibility index (Phi) is 5.30. The van der Waals surface area contributed by atoms with Crippen LogP contribution in [-0.4, -0.2) is 16.1 Å². The van der Waals surface area contributed by atoms with E-state index in [2.05, 4.69) is 56.6 Å². The summed E-state index contributed by atoms with van der Waals surface area (Å²) in [5, 5.41) is 10.1. The third-order valence-electron chi connectivity index (χ3n) is 4.27. The Morgan fingerprint density at radius 1 is 1.17 bits per heavy atom. The molecule has 3 heteroatoms. The largest absolute Gasteiger partial charge is 0.478 e. The molecule has 0 saturated heterocycles. The van der Waals surface area contributed by atoms with Crippen LogP contribution in [0, 0.1) is 0 Å². The number of nitrogens with one attached hydrogen (secondary N) is 1. The maximum atomic E-state index is 10.7. The fourth-order valence-electron chi connectivity index (χ4n) is 3.02. The van der Waals surface area contributed by atoms with Gasteiger partial charge in [-0.15, -0.1) is 0 Å². The van der Waals surface area contributed by atoms with Gasteiger partial charge in [-0.05, 0) is 37.3 Å². The number of hydrogen-bond donors (Lipinski definition) is 2. The lowest BCUT2D eigenvalue weighted by Crippen LogP contribution is -2.14. The highest BCUT2D eigenvalue weighted by molar-refractivity contribution is 5.86. The Hall–Kier alpha value is -2.03. The second kappa shape index (κ2) is 7.03. The Morgan fingerprint density at radius 2 is 1.87 bits per heavy atom. The number of benzene rings is 1. The zero-order valence-corrected chi connectivity index (χ0v) is 14.4. The lowest BCUT2D eigenvalue weighted by atomic mass is 9.87. The fraction of sp³-hybridized carbons (Fsp3) is 0.450. The molecule has 0 unspecified atom stereocenters. The molecule has 0 aliphatic carbocycles. The highest BCUT2D eigenvalue weighted by atomic mass is 16.4. The topological polar surface area (TPSA) is 53.1 Å². The Labute approximate surface area is 138 Å². The van der Waals surface area contributed by atoms with Crippen molar-refractivity contribution in [2.75, 3.05) is 0 Å². The Morgan fingerprint density at radius 3 is 2.52 bits per heavy atom. The van der Waals surface area contributed by atoms with Crippen LogP contribution in [0.15, 0.2) is 36.4 Å². The molecule has 0 bridgehead atoms. The summed E-state index contributed by atoms with van der Waals surface area (Å²) in [4.78, 5) is 14.3. The first-order valence-electron chi connectivity index (χ1n) is 8.32. The number of aromatic amines is 1. The number of aliphatic carboxylic acids is 1. The number of carboxylic acid groups (broad SMARTS) is 1. The summed E-state index contributed by atoms with van der Waals surface area (Å²) in [6, 6.07) is 8.46. The highest BCUT2D eigenvalue weighted by Crippen LogP contribution is 2.32. The van der Waals surface area contributed by atoms with E-state index in [4.69, 9.17) is 5.11 Å². The van der Waals surface area contributed by atoms with Crippen molar-refractivity contribution in [3.8, 4) is 0 Å². The predicted molar refractivity (Wildman–Crippen MR) is 95.9 cm³/mol. The minimum Gasteiger partial charge on any atom is -0.478 e. The van der Waals surface area contributed by atoms with Crippen molar-refractivity contribution < 1.29 is 9.90 Å². The summed E-state index contributed by atoms with van der Waals surface area (Å²) in [6.07, 6.45) is 4.58. The fourth-order valence-corrected chi connectivity index (χ4v) is 3.02. The molecule has 23 heavy (non-hydrogen) atoms. The summed E-state index contributed by atoms with van der Waals surface area (Å²) >= 11 is 0. The molecule has 1 heterocycles. The smallest absolute Gasteiger partial charge is 0.330 e. The first-order chi connectivity index (χ1) is 10.8. The molecule has 2 rings (SSSR count). The molecule has 0 saturated carbocycles. The molecule has 1 aromatic carbocycles. The van der Waals surface area contributed by atoms with E-state index in [-0.39, 0.29) is 5.41 Å². The molecule has 2 N–H and O–H groups in total. The Bertz CT molecular complexity index is 704. The first kappa shape index (κ1) is 17.3. The van der Waals surface area contributed by atoms with Gasteiger partial charge in [-0.25, -0.2) is 4.79 Å². The number of hydrogen-bond acceptors (Lipinski definition) is 1. The lowest BCUT2D eigenvalue weighted by molar-refractivity contribution is -0.132. The van der Waals surface area contributed by atoms with Crippen LogP contribution in [0.5, 0.6) is 0 Å². The number of unbranched alkanes of at least 4 members (excludes halogenated alkanes) is 2. The maximum absolute atomic E-state index is 10.7. The summed E-state index contributed by atoms with van der Waals surface area (Å²) in [5.74, 6) is -0.878. The monoisotopic (exact) mass is 313 g/mol. The van der Waals surface area contributed by atoms with Gasteiger partial charge >= 0.3 is 5.97 Å². The number of aromatic nitrogens is 1. The molecule has 0 atom stereocenters. The highest BCUT2D eigenvalue weighted by Gasteiger charge is 2.21. The number of aryl methyl sites for hydroxylation is 1. The van der Waals surface area contributed by atoms with Gasteiger partial charge in [0.2, 0.25) is 0 Å². The summed E-state index contributed by atoms with van der Waals surface area (Å²) < 4.78 is 0. The summed E-state index contributed by atoms with van der Waals surface area (Å²) in [5.41, 5.74) is 4.32. The standard InChI is InChI=1S/C20H27NO2/c1-14(19(22)23)10-6-5-7-12-16-15-11-8-9-13-17(15)21-18(16)20(2,3)4/h8-9,11,13,21H,1,5-7,10,12H2,2-4H3,(H,22,23). The van der Waals surface area contributed by atoms with Crippen LogP contribution >= 0.6 is 0 Å². The van der Waals surface area contributed by atoms with Crippen LogP contribution in [0.3, 0.4) is 0 Å². The Balaban J connectivity index is 2.04. The van der Waals surface area contributed by atoms with E-state index in [1.807, 2.05) is 0 Å². The molecule has 3 nitrogen and oxygen atoms in total. The van der Waals surface area contributed by atoms with Crippen LogP contribution < -0.4 is 0 Å². The first-order valence-corrected chi connectivity index (χ1v) is 8.32. The molecular formula is C20H27NO2. The van der Waals surface area contributed by atoms with E-state index < -0.39 is 5.97 Å². The molecule has 0 spiro atoms. The van der Waals surface area contributed by atoms with Gasteiger partial charge in [0.25, 0.3) is 0 Å². The molecule has 0 radical (unpaired) electrons. The normalized spacial score (nSPS) is 11.8. The van der Waals surface area contributed by atoms with E-state index in [1.165, 1.54) is 22.2 Å². The van der Waals surface area contributed by atoms with Crippen LogP contribution in [0.4, 0.5) is 0 Å². The van der Waals surface area contributed by atoms with Crippen molar-refractivity contribution in [3.63, 3.8) is 0 Å². The number of fused-ring (bicyclic) bond motifs is 1. The molecule has 0 aliphatic rings. The predicted octanol–water partition coefficient (Wildman–Crippen LogP) is 5.21. The number of H-pyrrole nitrogens is 1. The molecule has 124 valence electrons. The van der Waals surface area contributed by atoms with Gasteiger partial charge in [0, 0.05) is 27.6 Å².